The SMILES string of the molecule is CCN(c1ccc(-c2csc(CC(=O)N3CCOCC3)n2)cc1)S(C)(=O)=O. The standard InChI is InChI=1S/C18H23N3O4S2/c1-3-21(27(2,23)24)15-6-4-14(5-7-15)16-13-26-17(19-16)12-18(22)20-8-10-25-11-9-20/h4-7,13H,3,8-12H2,1-2H3. The first kappa shape index (κ1) is 19.8. The van der Waals surface area contributed by atoms with Crippen LogP contribution >= 0.6 is 11.3 Å². The first-order valence-electron chi connectivity index (χ1n) is 8.76. The fourth-order valence-corrected chi connectivity index (χ4v) is 4.75. The highest BCUT2D eigenvalue weighted by Gasteiger charge is 2.19. The van der Waals surface area contributed by atoms with Crippen molar-refractivity contribution in [3.8, 4) is 11.3 Å². The van der Waals surface area contributed by atoms with Gasteiger partial charge >= 0.3 is 0 Å². The number of sulfonamides is 1. The van der Waals surface area contributed by atoms with Gasteiger partial charge in [0.05, 0.1) is 37.3 Å². The van der Waals surface area contributed by atoms with Crippen molar-refractivity contribution in [2.24, 2.45) is 0 Å². The summed E-state index contributed by atoms with van der Waals surface area (Å²) in [7, 11) is -3.30. The van der Waals surface area contributed by atoms with Gasteiger partial charge in [-0.25, -0.2) is 13.4 Å². The average molecular weight is 410 g/mol. The number of hydrogen-bond donors (Lipinski definition) is 0. The van der Waals surface area contributed by atoms with Gasteiger partial charge in [0, 0.05) is 30.6 Å². The van der Waals surface area contributed by atoms with Crippen LogP contribution in [0.3, 0.4) is 0 Å². The largest absolute Gasteiger partial charge is 0.378 e. The quantitative estimate of drug-likeness (QED) is 0.729. The first-order chi connectivity index (χ1) is 12.9. The minimum atomic E-state index is -3.30. The number of morpholine rings is 1. The van der Waals surface area contributed by atoms with Crippen LogP contribution in [0, 0.1) is 0 Å². The molecule has 0 spiro atoms. The Bertz CT molecular complexity index is 888. The second kappa shape index (κ2) is 8.37. The molecular weight excluding hydrogens is 386 g/mol. The highest BCUT2D eigenvalue weighted by Crippen LogP contribution is 2.26. The van der Waals surface area contributed by atoms with Crippen LogP contribution in [0.25, 0.3) is 11.3 Å². The van der Waals surface area contributed by atoms with Crippen LogP contribution in [0.4, 0.5) is 5.69 Å². The molecular formula is C18H23N3O4S2. The maximum Gasteiger partial charge on any atom is 0.232 e. The van der Waals surface area contributed by atoms with E-state index in [4.69, 9.17) is 4.74 Å². The van der Waals surface area contributed by atoms with Crippen molar-refractivity contribution < 1.29 is 17.9 Å². The average Bonchev–Trinajstić information content (AvgIpc) is 3.11. The van der Waals surface area contributed by atoms with Crippen molar-refractivity contribution in [1.82, 2.24) is 9.88 Å². The van der Waals surface area contributed by atoms with Gasteiger partial charge in [-0.05, 0) is 19.1 Å². The molecule has 0 unspecified atom stereocenters. The number of aromatic nitrogens is 1. The normalized spacial score (nSPS) is 15.0. The molecule has 0 bridgehead atoms. The van der Waals surface area contributed by atoms with E-state index in [1.807, 2.05) is 22.4 Å². The van der Waals surface area contributed by atoms with E-state index in [1.165, 1.54) is 21.9 Å². The molecule has 1 amide bonds. The molecule has 1 aliphatic rings. The van der Waals surface area contributed by atoms with Gasteiger partial charge in [0.2, 0.25) is 15.9 Å². The molecule has 0 N–H and O–H groups in total. The molecule has 1 aliphatic heterocycles. The van der Waals surface area contributed by atoms with Crippen molar-refractivity contribution in [2.75, 3.05) is 43.4 Å². The van der Waals surface area contributed by atoms with E-state index in [1.54, 1.807) is 19.1 Å². The first-order valence-corrected chi connectivity index (χ1v) is 11.5. The van der Waals surface area contributed by atoms with Gasteiger partial charge in [0.1, 0.15) is 5.01 Å². The summed E-state index contributed by atoms with van der Waals surface area (Å²) in [5, 5.41) is 2.70. The van der Waals surface area contributed by atoms with Gasteiger partial charge in [0.25, 0.3) is 0 Å². The maximum atomic E-state index is 12.3. The summed E-state index contributed by atoms with van der Waals surface area (Å²) in [4.78, 5) is 18.7. The van der Waals surface area contributed by atoms with Crippen molar-refractivity contribution in [3.05, 3.63) is 34.7 Å². The maximum absolute atomic E-state index is 12.3. The third kappa shape index (κ3) is 4.85. The molecule has 7 nitrogen and oxygen atoms in total. The van der Waals surface area contributed by atoms with Crippen molar-refractivity contribution in [2.45, 2.75) is 13.3 Å². The Hall–Kier alpha value is -1.97. The monoisotopic (exact) mass is 409 g/mol. The van der Waals surface area contributed by atoms with Crippen LogP contribution in [-0.4, -0.2) is 63.3 Å². The Balaban J connectivity index is 1.70. The van der Waals surface area contributed by atoms with E-state index >= 15 is 0 Å². The summed E-state index contributed by atoms with van der Waals surface area (Å²) in [5.74, 6) is 0.0706. The predicted molar refractivity (Wildman–Crippen MR) is 107 cm³/mol. The summed E-state index contributed by atoms with van der Waals surface area (Å²) in [6.45, 7) is 4.61. The zero-order valence-corrected chi connectivity index (χ0v) is 17.1. The lowest BCUT2D eigenvalue weighted by molar-refractivity contribution is -0.134. The summed E-state index contributed by atoms with van der Waals surface area (Å²) in [6, 6.07) is 7.26. The summed E-state index contributed by atoms with van der Waals surface area (Å²) < 4.78 is 30.3. The zero-order chi connectivity index (χ0) is 19.4. The lowest BCUT2D eigenvalue weighted by atomic mass is 10.1. The van der Waals surface area contributed by atoms with E-state index in [2.05, 4.69) is 4.98 Å². The molecule has 146 valence electrons. The summed E-state index contributed by atoms with van der Waals surface area (Å²) >= 11 is 1.46. The number of thiazole rings is 1. The van der Waals surface area contributed by atoms with Crippen molar-refractivity contribution in [1.29, 1.82) is 0 Å². The molecule has 1 fully saturated rings. The fourth-order valence-electron chi connectivity index (χ4n) is 2.99. The molecule has 0 saturated carbocycles. The zero-order valence-electron chi connectivity index (χ0n) is 15.4. The summed E-state index contributed by atoms with van der Waals surface area (Å²) in [5.41, 5.74) is 2.31. The van der Waals surface area contributed by atoms with E-state index in [9.17, 15) is 13.2 Å². The molecule has 2 heterocycles. The smallest absolute Gasteiger partial charge is 0.232 e. The van der Waals surface area contributed by atoms with Crippen molar-refractivity contribution >= 4 is 33.0 Å². The van der Waals surface area contributed by atoms with Crippen LogP contribution in [0.1, 0.15) is 11.9 Å². The minimum absolute atomic E-state index is 0.0706. The Morgan fingerprint density at radius 3 is 2.52 bits per heavy atom. The highest BCUT2D eigenvalue weighted by molar-refractivity contribution is 7.92. The van der Waals surface area contributed by atoms with Crippen LogP contribution < -0.4 is 4.31 Å². The van der Waals surface area contributed by atoms with Gasteiger partial charge in [-0.15, -0.1) is 11.3 Å². The van der Waals surface area contributed by atoms with E-state index < -0.39 is 10.0 Å². The second-order valence-electron chi connectivity index (χ2n) is 6.27. The van der Waals surface area contributed by atoms with E-state index in [0.29, 0.717) is 45.0 Å². The van der Waals surface area contributed by atoms with Crippen LogP contribution in [-0.2, 0) is 26.0 Å². The number of carbonyl (C=O) groups excluding carboxylic acids is 1. The minimum Gasteiger partial charge on any atom is -0.378 e. The number of nitrogens with zero attached hydrogens (tertiary/aromatic N) is 3. The van der Waals surface area contributed by atoms with E-state index in [0.717, 1.165) is 16.3 Å². The highest BCUT2D eigenvalue weighted by atomic mass is 32.2. The number of ether oxygens (including phenoxy) is 1. The molecule has 1 aromatic heterocycles. The molecule has 1 saturated heterocycles. The van der Waals surface area contributed by atoms with Crippen molar-refractivity contribution in [3.63, 3.8) is 0 Å². The lowest BCUT2D eigenvalue weighted by Gasteiger charge is -2.26. The Morgan fingerprint density at radius 1 is 1.26 bits per heavy atom. The number of rotatable bonds is 6. The molecule has 2 aromatic rings. The number of anilines is 1. The van der Waals surface area contributed by atoms with Gasteiger partial charge in [0.15, 0.2) is 0 Å². The number of benzene rings is 1. The fraction of sp³-hybridized carbons (Fsp3) is 0.444. The van der Waals surface area contributed by atoms with Gasteiger partial charge < -0.3 is 9.64 Å². The number of amides is 1. The number of hydrogen-bond acceptors (Lipinski definition) is 6. The molecule has 1 aromatic carbocycles. The van der Waals surface area contributed by atoms with Gasteiger partial charge in [-0.1, -0.05) is 12.1 Å². The second-order valence-corrected chi connectivity index (χ2v) is 9.12. The third-order valence-electron chi connectivity index (χ3n) is 4.36. The topological polar surface area (TPSA) is 79.8 Å². The molecule has 0 aliphatic carbocycles. The van der Waals surface area contributed by atoms with Crippen LogP contribution in [0.2, 0.25) is 0 Å². The molecule has 27 heavy (non-hydrogen) atoms. The molecule has 9 heteroatoms. The Morgan fingerprint density at radius 2 is 1.93 bits per heavy atom. The number of carbonyl (C=O) groups is 1. The molecule has 0 atom stereocenters. The predicted octanol–water partition coefficient (Wildman–Crippen LogP) is 2.00. The van der Waals surface area contributed by atoms with Gasteiger partial charge in [-0.3, -0.25) is 9.10 Å². The molecule has 0 radical (unpaired) electrons. The van der Waals surface area contributed by atoms with E-state index in [-0.39, 0.29) is 5.91 Å². The van der Waals surface area contributed by atoms with Crippen LogP contribution in [0.5, 0.6) is 0 Å². The lowest BCUT2D eigenvalue weighted by Crippen LogP contribution is -2.41. The van der Waals surface area contributed by atoms with Crippen LogP contribution in [0.15, 0.2) is 29.6 Å². The summed E-state index contributed by atoms with van der Waals surface area (Å²) in [6.07, 6.45) is 1.49. The van der Waals surface area contributed by atoms with Gasteiger partial charge in [-0.2, -0.15) is 0 Å². The molecule has 3 rings (SSSR count). The third-order valence-corrected chi connectivity index (χ3v) is 6.48. The Labute approximate surface area is 163 Å². The Kier molecular flexibility index (Phi) is 6.13.